The first-order chi connectivity index (χ1) is 12.7. The van der Waals surface area contributed by atoms with Crippen LogP contribution in [0.4, 0.5) is 0 Å². The van der Waals surface area contributed by atoms with E-state index in [0.717, 1.165) is 36.8 Å². The van der Waals surface area contributed by atoms with Gasteiger partial charge in [-0.2, -0.15) is 0 Å². The average Bonchev–Trinajstić information content (AvgIpc) is 3.05. The van der Waals surface area contributed by atoms with Crippen LogP contribution in [0.2, 0.25) is 0 Å². The predicted molar refractivity (Wildman–Crippen MR) is 108 cm³/mol. The molecule has 3 rings (SSSR count). The van der Waals surface area contributed by atoms with E-state index in [2.05, 4.69) is 71.0 Å². The Balaban J connectivity index is 1.65. The summed E-state index contributed by atoms with van der Waals surface area (Å²) in [5.41, 5.74) is 4.67. The second-order valence-electron chi connectivity index (χ2n) is 6.47. The molecule has 0 saturated carbocycles. The van der Waals surface area contributed by atoms with E-state index >= 15 is 0 Å². The molecule has 1 aromatic carbocycles. The van der Waals surface area contributed by atoms with E-state index in [1.165, 1.54) is 11.1 Å². The van der Waals surface area contributed by atoms with E-state index in [0.29, 0.717) is 6.54 Å². The van der Waals surface area contributed by atoms with Crippen LogP contribution in [-0.2, 0) is 13.0 Å². The smallest absolute Gasteiger partial charge is 0.193 e. The third-order valence-corrected chi connectivity index (χ3v) is 4.41. The molecule has 0 radical (unpaired) electrons. The fraction of sp³-hybridized carbons (Fsp3) is 0.333. The van der Waals surface area contributed by atoms with Crippen LogP contribution in [0, 0.1) is 6.92 Å². The highest BCUT2D eigenvalue weighted by Gasteiger charge is 2.08. The molecule has 5 nitrogen and oxygen atoms in total. The first kappa shape index (κ1) is 18.0. The minimum atomic E-state index is 0.713. The van der Waals surface area contributed by atoms with Gasteiger partial charge in [0.25, 0.3) is 0 Å². The van der Waals surface area contributed by atoms with Gasteiger partial charge in [0.1, 0.15) is 5.65 Å². The second-order valence-corrected chi connectivity index (χ2v) is 6.47. The van der Waals surface area contributed by atoms with Crippen molar-refractivity contribution in [3.8, 4) is 0 Å². The molecular weight excluding hydrogens is 322 g/mol. The van der Waals surface area contributed by atoms with Crippen LogP contribution in [0.25, 0.3) is 5.65 Å². The lowest BCUT2D eigenvalue weighted by Gasteiger charge is -2.23. The number of guanidine groups is 1. The maximum absolute atomic E-state index is 4.79. The Kier molecular flexibility index (Phi) is 5.89. The van der Waals surface area contributed by atoms with Crippen LogP contribution in [-0.4, -0.2) is 40.4 Å². The normalized spacial score (nSPS) is 11.7. The summed E-state index contributed by atoms with van der Waals surface area (Å²) in [6, 6.07) is 14.5. The molecule has 0 saturated heterocycles. The van der Waals surface area contributed by atoms with E-state index < -0.39 is 0 Å². The number of benzene rings is 1. The summed E-state index contributed by atoms with van der Waals surface area (Å²) in [6.45, 7) is 6.65. The van der Waals surface area contributed by atoms with Crippen molar-refractivity contribution in [1.82, 2.24) is 19.6 Å². The highest BCUT2D eigenvalue weighted by Crippen LogP contribution is 2.10. The highest BCUT2D eigenvalue weighted by atomic mass is 15.3. The van der Waals surface area contributed by atoms with Gasteiger partial charge in [-0.25, -0.2) is 4.98 Å². The highest BCUT2D eigenvalue weighted by molar-refractivity contribution is 5.79. The molecular formula is C21H27N5. The molecule has 0 aliphatic carbocycles. The van der Waals surface area contributed by atoms with Crippen LogP contribution in [0.15, 0.2) is 59.9 Å². The molecule has 0 aliphatic heterocycles. The summed E-state index contributed by atoms with van der Waals surface area (Å²) in [6.07, 6.45) is 4.93. The van der Waals surface area contributed by atoms with Crippen molar-refractivity contribution in [2.24, 2.45) is 4.99 Å². The Morgan fingerprint density at radius 1 is 1.19 bits per heavy atom. The van der Waals surface area contributed by atoms with Crippen LogP contribution in [0.5, 0.6) is 0 Å². The number of aryl methyl sites for hydroxylation is 1. The van der Waals surface area contributed by atoms with Gasteiger partial charge in [0.15, 0.2) is 5.96 Å². The zero-order valence-corrected chi connectivity index (χ0v) is 15.8. The van der Waals surface area contributed by atoms with Crippen molar-refractivity contribution < 1.29 is 0 Å². The molecule has 0 aliphatic rings. The van der Waals surface area contributed by atoms with Gasteiger partial charge < -0.3 is 14.6 Å². The lowest BCUT2D eigenvalue weighted by atomic mass is 10.1. The van der Waals surface area contributed by atoms with Gasteiger partial charge in [-0.05, 0) is 37.1 Å². The quantitative estimate of drug-likeness (QED) is 0.549. The molecule has 0 bridgehead atoms. The summed E-state index contributed by atoms with van der Waals surface area (Å²) in [5.74, 6) is 0.930. The standard InChI is InChI=1S/C21H27N5/c1-4-22-21(25(3)15-18-10-6-5-9-17(18)2)23-13-12-19-16-26-14-8-7-11-20(26)24-19/h5-11,14,16H,4,12-13,15H2,1-3H3,(H,22,23). The Hall–Kier alpha value is -2.82. The van der Waals surface area contributed by atoms with Crippen molar-refractivity contribution in [1.29, 1.82) is 0 Å². The Bertz CT molecular complexity index is 848. The summed E-state index contributed by atoms with van der Waals surface area (Å²) >= 11 is 0. The minimum Gasteiger partial charge on any atom is -0.357 e. The van der Waals surface area contributed by atoms with Crippen molar-refractivity contribution in [2.45, 2.75) is 26.8 Å². The first-order valence-corrected chi connectivity index (χ1v) is 9.14. The monoisotopic (exact) mass is 349 g/mol. The Morgan fingerprint density at radius 3 is 2.77 bits per heavy atom. The lowest BCUT2D eigenvalue weighted by molar-refractivity contribution is 0.475. The molecule has 26 heavy (non-hydrogen) atoms. The topological polar surface area (TPSA) is 44.9 Å². The molecule has 0 atom stereocenters. The second kappa shape index (κ2) is 8.52. The van der Waals surface area contributed by atoms with Gasteiger partial charge in [-0.1, -0.05) is 30.3 Å². The van der Waals surface area contributed by atoms with Crippen LogP contribution >= 0.6 is 0 Å². The predicted octanol–water partition coefficient (Wildman–Crippen LogP) is 3.28. The molecule has 0 unspecified atom stereocenters. The minimum absolute atomic E-state index is 0.713. The molecule has 3 aromatic rings. The molecule has 5 heteroatoms. The number of aliphatic imine (C=N–C) groups is 1. The number of fused-ring (bicyclic) bond motifs is 1. The number of pyridine rings is 1. The Labute approximate surface area is 155 Å². The molecule has 0 spiro atoms. The van der Waals surface area contributed by atoms with E-state index in [-0.39, 0.29) is 0 Å². The number of imidazole rings is 1. The summed E-state index contributed by atoms with van der Waals surface area (Å²) in [5, 5.41) is 3.39. The van der Waals surface area contributed by atoms with E-state index in [1.54, 1.807) is 0 Å². The first-order valence-electron chi connectivity index (χ1n) is 9.14. The Morgan fingerprint density at radius 2 is 2.00 bits per heavy atom. The SMILES string of the molecule is CCNC(=NCCc1cn2ccccc2n1)N(C)Cc1ccccc1C. The fourth-order valence-corrected chi connectivity index (χ4v) is 2.97. The van der Waals surface area contributed by atoms with Crippen molar-refractivity contribution in [3.05, 3.63) is 71.7 Å². The third kappa shape index (κ3) is 4.42. The zero-order valence-electron chi connectivity index (χ0n) is 15.8. The number of nitrogens with zero attached hydrogens (tertiary/aromatic N) is 4. The average molecular weight is 349 g/mol. The molecule has 136 valence electrons. The van der Waals surface area contributed by atoms with Crippen molar-refractivity contribution in [2.75, 3.05) is 20.1 Å². The van der Waals surface area contributed by atoms with Gasteiger partial charge in [0, 0.05) is 45.5 Å². The van der Waals surface area contributed by atoms with Gasteiger partial charge >= 0.3 is 0 Å². The largest absolute Gasteiger partial charge is 0.357 e. The molecule has 1 N–H and O–H groups in total. The fourth-order valence-electron chi connectivity index (χ4n) is 2.97. The van der Waals surface area contributed by atoms with E-state index in [9.17, 15) is 0 Å². The summed E-state index contributed by atoms with van der Waals surface area (Å²) in [4.78, 5) is 11.6. The number of hydrogen-bond acceptors (Lipinski definition) is 2. The van der Waals surface area contributed by atoms with Crippen molar-refractivity contribution in [3.63, 3.8) is 0 Å². The zero-order chi connectivity index (χ0) is 18.4. The summed E-state index contributed by atoms with van der Waals surface area (Å²) in [7, 11) is 2.08. The van der Waals surface area contributed by atoms with Crippen LogP contribution in [0.1, 0.15) is 23.7 Å². The molecule has 0 amide bonds. The summed E-state index contributed by atoms with van der Waals surface area (Å²) < 4.78 is 2.05. The lowest BCUT2D eigenvalue weighted by Crippen LogP contribution is -2.38. The molecule has 2 heterocycles. The third-order valence-electron chi connectivity index (χ3n) is 4.41. The van der Waals surface area contributed by atoms with Crippen molar-refractivity contribution >= 4 is 11.6 Å². The number of rotatable bonds is 6. The maximum atomic E-state index is 4.79. The number of aromatic nitrogens is 2. The van der Waals surface area contributed by atoms with Crippen LogP contribution in [0.3, 0.4) is 0 Å². The number of nitrogens with one attached hydrogen (secondary N) is 1. The number of hydrogen-bond donors (Lipinski definition) is 1. The van der Waals surface area contributed by atoms with Gasteiger partial charge in [-0.15, -0.1) is 0 Å². The maximum Gasteiger partial charge on any atom is 0.193 e. The van der Waals surface area contributed by atoms with Crippen LogP contribution < -0.4 is 5.32 Å². The van der Waals surface area contributed by atoms with Gasteiger partial charge in [0.05, 0.1) is 5.69 Å². The van der Waals surface area contributed by atoms with E-state index in [4.69, 9.17) is 4.99 Å². The molecule has 0 fully saturated rings. The van der Waals surface area contributed by atoms with Gasteiger partial charge in [-0.3, -0.25) is 4.99 Å². The van der Waals surface area contributed by atoms with Gasteiger partial charge in [0.2, 0.25) is 0 Å². The molecule has 2 aromatic heterocycles. The van der Waals surface area contributed by atoms with E-state index in [1.807, 2.05) is 24.4 Å².